The Balaban J connectivity index is 1.31. The van der Waals surface area contributed by atoms with Gasteiger partial charge in [0, 0.05) is 49.9 Å². The summed E-state index contributed by atoms with van der Waals surface area (Å²) in [6.07, 6.45) is 10.9. The molecule has 2 saturated carbocycles. The number of rotatable bonds is 10. The highest BCUT2D eigenvalue weighted by molar-refractivity contribution is 5.61. The Morgan fingerprint density at radius 2 is 1.77 bits per heavy atom. The summed E-state index contributed by atoms with van der Waals surface area (Å²) >= 11 is 0. The number of nitrogens with one attached hydrogen (secondary N) is 3. The van der Waals surface area contributed by atoms with Gasteiger partial charge in [-0.05, 0) is 69.6 Å². The first-order valence-electron chi connectivity index (χ1n) is 11.2. The average Bonchev–Trinajstić information content (AvgIpc) is 3.59. The lowest BCUT2D eigenvalue weighted by Crippen LogP contribution is -2.43. The van der Waals surface area contributed by atoms with Gasteiger partial charge in [0.2, 0.25) is 5.95 Å². The predicted molar refractivity (Wildman–Crippen MR) is 121 cm³/mol. The zero-order chi connectivity index (χ0) is 20.8. The molecule has 30 heavy (non-hydrogen) atoms. The summed E-state index contributed by atoms with van der Waals surface area (Å²) in [7, 11) is 1.75. The summed E-state index contributed by atoms with van der Waals surface area (Å²) in [5.41, 5.74) is 2.83. The van der Waals surface area contributed by atoms with E-state index in [-0.39, 0.29) is 0 Å². The number of nitrogens with zero attached hydrogens (tertiary/aromatic N) is 3. The van der Waals surface area contributed by atoms with Crippen LogP contribution in [0.5, 0.6) is 0 Å². The summed E-state index contributed by atoms with van der Waals surface area (Å²) in [5.74, 6) is 1.53. The number of ether oxygens (including phenoxy) is 1. The van der Waals surface area contributed by atoms with Gasteiger partial charge in [-0.25, -0.2) is 9.97 Å². The van der Waals surface area contributed by atoms with Gasteiger partial charge >= 0.3 is 0 Å². The van der Waals surface area contributed by atoms with Crippen LogP contribution in [0, 0.1) is 5.92 Å². The molecule has 7 heteroatoms. The van der Waals surface area contributed by atoms with E-state index in [1.165, 1.54) is 12.8 Å². The van der Waals surface area contributed by atoms with Crippen LogP contribution in [0.3, 0.4) is 0 Å². The van der Waals surface area contributed by atoms with Gasteiger partial charge in [-0.3, -0.25) is 4.98 Å². The molecule has 4 rings (SSSR count). The van der Waals surface area contributed by atoms with Gasteiger partial charge in [0.05, 0.1) is 18.0 Å². The zero-order valence-electron chi connectivity index (χ0n) is 18.1. The molecule has 2 fully saturated rings. The molecule has 3 N–H and O–H groups in total. The van der Waals surface area contributed by atoms with Crippen LogP contribution in [0.2, 0.25) is 0 Å². The Morgan fingerprint density at radius 3 is 2.53 bits per heavy atom. The minimum atomic E-state index is 0.395. The van der Waals surface area contributed by atoms with Gasteiger partial charge in [-0.1, -0.05) is 0 Å². The average molecular weight is 411 g/mol. The second-order valence-corrected chi connectivity index (χ2v) is 8.74. The molecule has 2 heterocycles. The normalized spacial score (nSPS) is 22.5. The van der Waals surface area contributed by atoms with Gasteiger partial charge in [0.1, 0.15) is 0 Å². The monoisotopic (exact) mass is 410 g/mol. The fourth-order valence-corrected chi connectivity index (χ4v) is 4.12. The Bertz CT molecular complexity index is 804. The molecule has 2 aromatic rings. The summed E-state index contributed by atoms with van der Waals surface area (Å²) in [4.78, 5) is 13.7. The van der Waals surface area contributed by atoms with E-state index < -0.39 is 0 Å². The fourth-order valence-electron chi connectivity index (χ4n) is 4.12. The van der Waals surface area contributed by atoms with Crippen molar-refractivity contribution >= 4 is 11.6 Å². The van der Waals surface area contributed by atoms with Crippen LogP contribution in [0.25, 0.3) is 11.4 Å². The van der Waals surface area contributed by atoms with Crippen LogP contribution in [0.15, 0.2) is 30.6 Å². The van der Waals surface area contributed by atoms with E-state index >= 15 is 0 Å². The predicted octanol–water partition coefficient (Wildman–Crippen LogP) is 3.71. The third kappa shape index (κ3) is 6.12. The Kier molecular flexibility index (Phi) is 7.12. The van der Waals surface area contributed by atoms with E-state index in [1.54, 1.807) is 7.11 Å². The number of hydrogen-bond donors (Lipinski definition) is 3. The van der Waals surface area contributed by atoms with E-state index in [2.05, 4.69) is 38.9 Å². The largest absolute Gasteiger partial charge is 0.385 e. The summed E-state index contributed by atoms with van der Waals surface area (Å²) < 4.78 is 5.23. The number of hydrogen-bond acceptors (Lipinski definition) is 7. The summed E-state index contributed by atoms with van der Waals surface area (Å²) in [6.45, 7) is 3.98. The molecular formula is C23H34N6O. The third-order valence-corrected chi connectivity index (χ3v) is 5.97. The molecule has 7 nitrogen and oxygen atoms in total. The molecule has 0 amide bonds. The van der Waals surface area contributed by atoms with Crippen molar-refractivity contribution in [2.45, 2.75) is 63.6 Å². The van der Waals surface area contributed by atoms with Crippen LogP contribution in [-0.2, 0) is 4.74 Å². The minimum Gasteiger partial charge on any atom is -0.385 e. The Morgan fingerprint density at radius 1 is 1.00 bits per heavy atom. The van der Waals surface area contributed by atoms with Crippen LogP contribution in [0.4, 0.5) is 11.6 Å². The minimum absolute atomic E-state index is 0.395. The Labute approximate surface area is 179 Å². The maximum Gasteiger partial charge on any atom is 0.223 e. The first-order chi connectivity index (χ1) is 14.7. The molecule has 2 aromatic heterocycles. The zero-order valence-corrected chi connectivity index (χ0v) is 18.1. The van der Waals surface area contributed by atoms with Crippen LogP contribution in [0.1, 0.15) is 45.4 Å². The molecule has 0 unspecified atom stereocenters. The van der Waals surface area contributed by atoms with Crippen molar-refractivity contribution in [2.24, 2.45) is 5.92 Å². The third-order valence-electron chi connectivity index (χ3n) is 5.97. The number of pyridine rings is 1. The van der Waals surface area contributed by atoms with E-state index in [0.29, 0.717) is 24.1 Å². The van der Waals surface area contributed by atoms with E-state index in [9.17, 15) is 0 Å². The van der Waals surface area contributed by atoms with Gasteiger partial charge in [-0.2, -0.15) is 0 Å². The maximum absolute atomic E-state index is 5.23. The molecule has 0 saturated heterocycles. The molecule has 0 aliphatic heterocycles. The van der Waals surface area contributed by atoms with E-state index in [1.807, 2.05) is 24.5 Å². The maximum atomic E-state index is 5.23. The van der Waals surface area contributed by atoms with Crippen molar-refractivity contribution in [3.63, 3.8) is 0 Å². The van der Waals surface area contributed by atoms with Crippen LogP contribution >= 0.6 is 0 Å². The number of methoxy groups -OCH3 is 1. The topological polar surface area (TPSA) is 84.0 Å². The molecule has 0 bridgehead atoms. The van der Waals surface area contributed by atoms with Gasteiger partial charge < -0.3 is 20.7 Å². The summed E-state index contributed by atoms with van der Waals surface area (Å²) in [6, 6.07) is 7.40. The van der Waals surface area contributed by atoms with Crippen molar-refractivity contribution in [1.82, 2.24) is 20.3 Å². The molecule has 0 radical (unpaired) electrons. The second kappa shape index (κ2) is 10.2. The van der Waals surface area contributed by atoms with Crippen molar-refractivity contribution in [1.29, 1.82) is 0 Å². The summed E-state index contributed by atoms with van der Waals surface area (Å²) in [5, 5.41) is 10.7. The lowest BCUT2D eigenvalue weighted by molar-refractivity contribution is 0.161. The van der Waals surface area contributed by atoms with Crippen molar-refractivity contribution in [2.75, 3.05) is 30.9 Å². The number of anilines is 2. The van der Waals surface area contributed by atoms with E-state index in [0.717, 1.165) is 61.8 Å². The van der Waals surface area contributed by atoms with Crippen molar-refractivity contribution in [3.8, 4) is 11.4 Å². The quantitative estimate of drug-likeness (QED) is 0.551. The lowest BCUT2D eigenvalue weighted by Gasteiger charge is -2.31. The molecule has 162 valence electrons. The smallest absolute Gasteiger partial charge is 0.223 e. The van der Waals surface area contributed by atoms with Gasteiger partial charge in [0.15, 0.2) is 0 Å². The molecule has 1 atom stereocenters. The van der Waals surface area contributed by atoms with E-state index in [4.69, 9.17) is 9.72 Å². The van der Waals surface area contributed by atoms with Gasteiger partial charge in [0.25, 0.3) is 0 Å². The molecule has 0 spiro atoms. The number of aromatic nitrogens is 3. The van der Waals surface area contributed by atoms with Gasteiger partial charge in [-0.15, -0.1) is 0 Å². The lowest BCUT2D eigenvalue weighted by atomic mass is 9.91. The van der Waals surface area contributed by atoms with Crippen molar-refractivity contribution < 1.29 is 4.74 Å². The Hall–Kier alpha value is -2.25. The SMILES string of the molecule is COC[C@H](C)NC1CCC(Nc2nccc(-c3cc(NCC4CC4)ccn3)n2)CC1. The second-order valence-electron chi connectivity index (χ2n) is 8.74. The first kappa shape index (κ1) is 21.0. The highest BCUT2D eigenvalue weighted by atomic mass is 16.5. The molecule has 0 aromatic carbocycles. The standard InChI is InChI=1S/C23H34N6O/c1-16(15-30-2)27-18-5-7-19(8-6-18)28-23-25-12-10-21(29-23)22-13-20(9-11-24-22)26-14-17-3-4-17/h9-13,16-19,27H,3-8,14-15H2,1-2H3,(H,24,26)(H,25,28,29)/t16-,18?,19?/m0/s1. The molecular weight excluding hydrogens is 376 g/mol. The van der Waals surface area contributed by atoms with Crippen LogP contribution < -0.4 is 16.0 Å². The van der Waals surface area contributed by atoms with Crippen molar-refractivity contribution in [3.05, 3.63) is 30.6 Å². The van der Waals surface area contributed by atoms with Crippen LogP contribution in [-0.4, -0.2) is 53.3 Å². The highest BCUT2D eigenvalue weighted by Gasteiger charge is 2.23. The molecule has 2 aliphatic rings. The fraction of sp³-hybridized carbons (Fsp3) is 0.609. The highest BCUT2D eigenvalue weighted by Crippen LogP contribution is 2.29. The first-order valence-corrected chi connectivity index (χ1v) is 11.2. The molecule has 2 aliphatic carbocycles.